The normalized spacial score (nSPS) is 11.7. The van der Waals surface area contributed by atoms with E-state index < -0.39 is 12.1 Å². The van der Waals surface area contributed by atoms with Crippen LogP contribution in [0.5, 0.6) is 0 Å². The van der Waals surface area contributed by atoms with Gasteiger partial charge in [-0.2, -0.15) is 18.2 Å². The van der Waals surface area contributed by atoms with Crippen LogP contribution in [0, 0.1) is 6.92 Å². The quantitative estimate of drug-likeness (QED) is 0.594. The number of rotatable bonds is 4. The van der Waals surface area contributed by atoms with Crippen molar-refractivity contribution in [3.05, 3.63) is 65.5 Å². The van der Waals surface area contributed by atoms with Crippen LogP contribution < -0.4 is 0 Å². The van der Waals surface area contributed by atoms with Gasteiger partial charge in [-0.15, -0.1) is 11.8 Å². The molecule has 0 fully saturated rings. The number of halogens is 3. The van der Waals surface area contributed by atoms with Crippen LogP contribution in [0.3, 0.4) is 0 Å². The maximum Gasteiger partial charge on any atom is 0.471 e. The molecule has 0 aliphatic carbocycles. The standard InChI is InChI=1S/C17H13F3N2OS/c1-11-9-13(15-21-16(23-22-15)17(18,19)20)7-8-14(11)24-10-12-5-3-2-4-6-12/h2-9H,10H2,1H3. The van der Waals surface area contributed by atoms with E-state index in [0.717, 1.165) is 16.2 Å². The molecule has 0 aliphatic heterocycles. The monoisotopic (exact) mass is 350 g/mol. The zero-order valence-corrected chi connectivity index (χ0v) is 13.5. The number of benzene rings is 2. The number of aryl methyl sites for hydroxylation is 1. The fraction of sp³-hybridized carbons (Fsp3) is 0.176. The molecule has 3 nitrogen and oxygen atoms in total. The molecule has 1 aromatic heterocycles. The lowest BCUT2D eigenvalue weighted by atomic mass is 10.1. The first kappa shape index (κ1) is 16.6. The Kier molecular flexibility index (Phi) is 4.62. The van der Waals surface area contributed by atoms with Crippen molar-refractivity contribution in [3.8, 4) is 11.4 Å². The predicted molar refractivity (Wildman–Crippen MR) is 85.5 cm³/mol. The van der Waals surface area contributed by atoms with Gasteiger partial charge in [-0.25, -0.2) is 0 Å². The lowest BCUT2D eigenvalue weighted by molar-refractivity contribution is -0.159. The van der Waals surface area contributed by atoms with Gasteiger partial charge in [0.2, 0.25) is 5.82 Å². The van der Waals surface area contributed by atoms with Crippen molar-refractivity contribution in [2.75, 3.05) is 0 Å². The second-order valence-electron chi connectivity index (χ2n) is 5.18. The van der Waals surface area contributed by atoms with Crippen LogP contribution in [0.15, 0.2) is 57.9 Å². The summed E-state index contributed by atoms with van der Waals surface area (Å²) in [7, 11) is 0. The zero-order valence-electron chi connectivity index (χ0n) is 12.7. The largest absolute Gasteiger partial charge is 0.471 e. The van der Waals surface area contributed by atoms with Gasteiger partial charge in [-0.05, 0) is 36.2 Å². The molecule has 0 radical (unpaired) electrons. The van der Waals surface area contributed by atoms with Gasteiger partial charge in [0, 0.05) is 16.2 Å². The van der Waals surface area contributed by atoms with Crippen LogP contribution in [0.25, 0.3) is 11.4 Å². The molecule has 124 valence electrons. The van der Waals surface area contributed by atoms with Crippen LogP contribution in [-0.4, -0.2) is 10.1 Å². The molecule has 0 unspecified atom stereocenters. The molecule has 7 heteroatoms. The van der Waals surface area contributed by atoms with Crippen molar-refractivity contribution in [3.63, 3.8) is 0 Å². The maximum atomic E-state index is 12.5. The van der Waals surface area contributed by atoms with Crippen LogP contribution in [0.2, 0.25) is 0 Å². The molecule has 0 atom stereocenters. The fourth-order valence-corrected chi connectivity index (χ4v) is 3.11. The molecular weight excluding hydrogens is 337 g/mol. The first-order valence-electron chi connectivity index (χ1n) is 7.12. The first-order valence-corrected chi connectivity index (χ1v) is 8.11. The van der Waals surface area contributed by atoms with Gasteiger partial charge >= 0.3 is 12.1 Å². The van der Waals surface area contributed by atoms with E-state index in [1.165, 1.54) is 5.56 Å². The van der Waals surface area contributed by atoms with Crippen LogP contribution in [-0.2, 0) is 11.9 Å². The summed E-state index contributed by atoms with van der Waals surface area (Å²) in [4.78, 5) is 4.46. The Morgan fingerprint density at radius 3 is 2.46 bits per heavy atom. The number of nitrogens with zero attached hydrogens (tertiary/aromatic N) is 2. The Morgan fingerprint density at radius 1 is 1.08 bits per heavy atom. The zero-order chi connectivity index (χ0) is 17.2. The molecule has 0 spiro atoms. The third-order valence-electron chi connectivity index (χ3n) is 3.34. The van der Waals surface area contributed by atoms with Crippen molar-refractivity contribution in [2.24, 2.45) is 0 Å². The second-order valence-corrected chi connectivity index (χ2v) is 6.19. The Bertz CT molecular complexity index is 831. The molecule has 0 amide bonds. The lowest BCUT2D eigenvalue weighted by Gasteiger charge is -2.07. The number of hydrogen-bond acceptors (Lipinski definition) is 4. The van der Waals surface area contributed by atoms with Gasteiger partial charge in [-0.1, -0.05) is 35.5 Å². The molecule has 0 N–H and O–H groups in total. The average Bonchev–Trinajstić information content (AvgIpc) is 3.05. The summed E-state index contributed by atoms with van der Waals surface area (Å²) in [6, 6.07) is 15.4. The second kappa shape index (κ2) is 6.68. The van der Waals surface area contributed by atoms with Crippen molar-refractivity contribution >= 4 is 11.8 Å². The van der Waals surface area contributed by atoms with Gasteiger partial charge in [0.15, 0.2) is 0 Å². The lowest BCUT2D eigenvalue weighted by Crippen LogP contribution is -2.04. The van der Waals surface area contributed by atoms with Gasteiger partial charge < -0.3 is 4.52 Å². The molecule has 0 saturated carbocycles. The molecule has 0 bridgehead atoms. The highest BCUT2D eigenvalue weighted by atomic mass is 32.2. The molecule has 3 rings (SSSR count). The van der Waals surface area contributed by atoms with Crippen molar-refractivity contribution < 1.29 is 17.7 Å². The van der Waals surface area contributed by atoms with E-state index in [4.69, 9.17) is 0 Å². The third kappa shape index (κ3) is 3.79. The highest BCUT2D eigenvalue weighted by Gasteiger charge is 2.38. The van der Waals surface area contributed by atoms with Crippen LogP contribution in [0.4, 0.5) is 13.2 Å². The molecular formula is C17H13F3N2OS. The molecule has 24 heavy (non-hydrogen) atoms. The summed E-state index contributed by atoms with van der Waals surface area (Å²) in [5.74, 6) is -0.579. The van der Waals surface area contributed by atoms with E-state index >= 15 is 0 Å². The minimum atomic E-state index is -4.63. The summed E-state index contributed by atoms with van der Waals surface area (Å²) >= 11 is 1.67. The van der Waals surface area contributed by atoms with E-state index in [2.05, 4.69) is 26.8 Å². The number of aromatic nitrogens is 2. The molecule has 2 aromatic carbocycles. The van der Waals surface area contributed by atoms with Crippen LogP contribution >= 0.6 is 11.8 Å². The minimum absolute atomic E-state index is 0.0648. The predicted octanol–water partition coefficient (Wildman–Crippen LogP) is 5.36. The number of alkyl halides is 3. The highest BCUT2D eigenvalue weighted by molar-refractivity contribution is 7.98. The van der Waals surface area contributed by atoms with E-state index in [1.54, 1.807) is 23.9 Å². The third-order valence-corrected chi connectivity index (χ3v) is 4.59. The number of thioether (sulfide) groups is 1. The summed E-state index contributed by atoms with van der Waals surface area (Å²) in [5, 5.41) is 3.40. The Morgan fingerprint density at radius 2 is 1.83 bits per heavy atom. The summed E-state index contributed by atoms with van der Waals surface area (Å²) in [5.41, 5.74) is 2.65. The topological polar surface area (TPSA) is 38.9 Å². The van der Waals surface area contributed by atoms with Gasteiger partial charge in [0.05, 0.1) is 0 Å². The number of hydrogen-bond donors (Lipinski definition) is 0. The molecule has 0 saturated heterocycles. The van der Waals surface area contributed by atoms with Gasteiger partial charge in [0.1, 0.15) is 0 Å². The minimum Gasteiger partial charge on any atom is -0.329 e. The van der Waals surface area contributed by atoms with E-state index in [-0.39, 0.29) is 5.82 Å². The summed E-state index contributed by atoms with van der Waals surface area (Å²) in [6.45, 7) is 1.90. The van der Waals surface area contributed by atoms with Crippen LogP contribution in [0.1, 0.15) is 17.0 Å². The smallest absolute Gasteiger partial charge is 0.329 e. The Labute approximate surface area is 140 Å². The Hall–Kier alpha value is -2.28. The SMILES string of the molecule is Cc1cc(-c2noc(C(F)(F)F)n2)ccc1SCc1ccccc1. The van der Waals surface area contributed by atoms with Gasteiger partial charge in [0.25, 0.3) is 0 Å². The van der Waals surface area contributed by atoms with Crippen molar-refractivity contribution in [2.45, 2.75) is 23.7 Å². The molecule has 0 aliphatic rings. The van der Waals surface area contributed by atoms with E-state index in [1.807, 2.05) is 31.2 Å². The van der Waals surface area contributed by atoms with Gasteiger partial charge in [-0.3, -0.25) is 0 Å². The van der Waals surface area contributed by atoms with Crippen molar-refractivity contribution in [1.82, 2.24) is 10.1 Å². The first-order chi connectivity index (χ1) is 11.4. The van der Waals surface area contributed by atoms with E-state index in [0.29, 0.717) is 5.56 Å². The maximum absolute atomic E-state index is 12.5. The summed E-state index contributed by atoms with van der Waals surface area (Å²) < 4.78 is 41.8. The Balaban J connectivity index is 1.76. The fourth-order valence-electron chi connectivity index (χ4n) is 2.14. The molecule has 1 heterocycles. The average molecular weight is 350 g/mol. The molecule has 3 aromatic rings. The van der Waals surface area contributed by atoms with Crippen molar-refractivity contribution in [1.29, 1.82) is 0 Å². The summed E-state index contributed by atoms with van der Waals surface area (Å²) in [6.07, 6.45) is -4.63. The highest BCUT2D eigenvalue weighted by Crippen LogP contribution is 2.32. The van der Waals surface area contributed by atoms with E-state index in [9.17, 15) is 13.2 Å².